The Labute approximate surface area is 81.9 Å². The SMILES string of the molecule is CCC(C)C1CCC(C(C)=O)CC1. The molecule has 0 aliphatic heterocycles. The number of carbonyl (C=O) groups excluding carboxylic acids is 1. The minimum atomic E-state index is 0.389. The van der Waals surface area contributed by atoms with Gasteiger partial charge in [-0.25, -0.2) is 0 Å². The van der Waals surface area contributed by atoms with Crippen LogP contribution in [0.25, 0.3) is 0 Å². The van der Waals surface area contributed by atoms with Crippen molar-refractivity contribution in [2.45, 2.75) is 52.9 Å². The highest BCUT2D eigenvalue weighted by molar-refractivity contribution is 5.78. The van der Waals surface area contributed by atoms with Crippen molar-refractivity contribution in [3.63, 3.8) is 0 Å². The van der Waals surface area contributed by atoms with Gasteiger partial charge in [-0.2, -0.15) is 0 Å². The van der Waals surface area contributed by atoms with Crippen molar-refractivity contribution in [2.24, 2.45) is 17.8 Å². The molecule has 0 amide bonds. The van der Waals surface area contributed by atoms with Gasteiger partial charge in [-0.3, -0.25) is 4.79 Å². The van der Waals surface area contributed by atoms with Crippen LogP contribution in [-0.4, -0.2) is 5.78 Å². The summed E-state index contributed by atoms with van der Waals surface area (Å²) >= 11 is 0. The number of Topliss-reactive ketones (excluding diaryl/α,β-unsaturated/α-hetero) is 1. The second-order valence-corrected chi connectivity index (χ2v) is 4.61. The quantitative estimate of drug-likeness (QED) is 0.653. The van der Waals surface area contributed by atoms with Crippen LogP contribution in [0, 0.1) is 17.8 Å². The zero-order chi connectivity index (χ0) is 9.84. The molecule has 1 rings (SSSR count). The Hall–Kier alpha value is -0.330. The molecule has 1 atom stereocenters. The third kappa shape index (κ3) is 2.82. The van der Waals surface area contributed by atoms with Gasteiger partial charge in [0.05, 0.1) is 0 Å². The molecule has 76 valence electrons. The lowest BCUT2D eigenvalue weighted by Crippen LogP contribution is -2.23. The van der Waals surface area contributed by atoms with Gasteiger partial charge in [0.2, 0.25) is 0 Å². The van der Waals surface area contributed by atoms with Crippen molar-refractivity contribution in [3.8, 4) is 0 Å². The first-order valence-electron chi connectivity index (χ1n) is 5.65. The van der Waals surface area contributed by atoms with Crippen LogP contribution in [-0.2, 0) is 4.79 Å². The highest BCUT2D eigenvalue weighted by Gasteiger charge is 2.26. The molecule has 0 aromatic carbocycles. The van der Waals surface area contributed by atoms with Crippen LogP contribution < -0.4 is 0 Å². The van der Waals surface area contributed by atoms with Gasteiger partial charge in [0.25, 0.3) is 0 Å². The summed E-state index contributed by atoms with van der Waals surface area (Å²) in [7, 11) is 0. The summed E-state index contributed by atoms with van der Waals surface area (Å²) in [4.78, 5) is 11.1. The van der Waals surface area contributed by atoms with Gasteiger partial charge in [-0.15, -0.1) is 0 Å². The van der Waals surface area contributed by atoms with E-state index in [-0.39, 0.29) is 0 Å². The first kappa shape index (κ1) is 10.7. The fraction of sp³-hybridized carbons (Fsp3) is 0.917. The second kappa shape index (κ2) is 4.78. The smallest absolute Gasteiger partial charge is 0.132 e. The average molecular weight is 182 g/mol. The number of hydrogen-bond acceptors (Lipinski definition) is 1. The van der Waals surface area contributed by atoms with E-state index in [4.69, 9.17) is 0 Å². The molecule has 1 aliphatic carbocycles. The largest absolute Gasteiger partial charge is 0.300 e. The van der Waals surface area contributed by atoms with E-state index in [9.17, 15) is 4.79 Å². The molecule has 0 saturated heterocycles. The Bertz CT molecular complexity index is 166. The molecular weight excluding hydrogens is 160 g/mol. The fourth-order valence-electron chi connectivity index (χ4n) is 2.43. The third-order valence-corrected chi connectivity index (χ3v) is 3.80. The van der Waals surface area contributed by atoms with E-state index in [2.05, 4.69) is 13.8 Å². The first-order chi connectivity index (χ1) is 6.15. The molecule has 0 N–H and O–H groups in total. The number of carbonyl (C=O) groups is 1. The van der Waals surface area contributed by atoms with Gasteiger partial charge in [-0.05, 0) is 44.4 Å². The second-order valence-electron chi connectivity index (χ2n) is 4.61. The van der Waals surface area contributed by atoms with E-state index in [1.54, 1.807) is 6.92 Å². The molecule has 0 aromatic heterocycles. The van der Waals surface area contributed by atoms with Crippen LogP contribution in [0.4, 0.5) is 0 Å². The fourth-order valence-corrected chi connectivity index (χ4v) is 2.43. The Morgan fingerprint density at radius 1 is 1.31 bits per heavy atom. The summed E-state index contributed by atoms with van der Waals surface area (Å²) in [5.41, 5.74) is 0. The van der Waals surface area contributed by atoms with Crippen LogP contribution in [0.15, 0.2) is 0 Å². The Kier molecular flexibility index (Phi) is 3.95. The van der Waals surface area contributed by atoms with E-state index in [0.717, 1.165) is 24.7 Å². The molecule has 0 spiro atoms. The third-order valence-electron chi connectivity index (χ3n) is 3.80. The molecule has 0 aromatic rings. The van der Waals surface area contributed by atoms with Crippen LogP contribution >= 0.6 is 0 Å². The normalized spacial score (nSPS) is 31.3. The number of ketones is 1. The molecule has 0 radical (unpaired) electrons. The van der Waals surface area contributed by atoms with Crippen molar-refractivity contribution >= 4 is 5.78 Å². The summed E-state index contributed by atoms with van der Waals surface area (Å²) in [5, 5.41) is 0. The first-order valence-corrected chi connectivity index (χ1v) is 5.65. The number of rotatable bonds is 3. The van der Waals surface area contributed by atoms with Crippen LogP contribution in [0.3, 0.4) is 0 Å². The molecule has 0 bridgehead atoms. The number of hydrogen-bond donors (Lipinski definition) is 0. The predicted octanol–water partition coefficient (Wildman–Crippen LogP) is 3.43. The maximum Gasteiger partial charge on any atom is 0.132 e. The molecule has 1 nitrogen and oxygen atoms in total. The molecule has 1 saturated carbocycles. The van der Waals surface area contributed by atoms with Crippen LogP contribution in [0.5, 0.6) is 0 Å². The summed E-state index contributed by atoms with van der Waals surface area (Å²) in [6.07, 6.45) is 6.13. The monoisotopic (exact) mass is 182 g/mol. The topological polar surface area (TPSA) is 17.1 Å². The molecule has 1 fully saturated rings. The van der Waals surface area contributed by atoms with E-state index < -0.39 is 0 Å². The predicted molar refractivity (Wildman–Crippen MR) is 55.6 cm³/mol. The van der Waals surface area contributed by atoms with Gasteiger partial charge < -0.3 is 0 Å². The zero-order valence-electron chi connectivity index (χ0n) is 9.18. The van der Waals surface area contributed by atoms with Crippen molar-refractivity contribution < 1.29 is 4.79 Å². The van der Waals surface area contributed by atoms with Gasteiger partial charge in [-0.1, -0.05) is 20.3 Å². The Morgan fingerprint density at radius 2 is 1.85 bits per heavy atom. The Morgan fingerprint density at radius 3 is 2.23 bits per heavy atom. The average Bonchev–Trinajstić information content (AvgIpc) is 2.17. The summed E-state index contributed by atoms with van der Waals surface area (Å²) in [5.74, 6) is 2.54. The highest BCUT2D eigenvalue weighted by Crippen LogP contribution is 2.34. The highest BCUT2D eigenvalue weighted by atomic mass is 16.1. The van der Waals surface area contributed by atoms with Gasteiger partial charge >= 0.3 is 0 Å². The van der Waals surface area contributed by atoms with Gasteiger partial charge in [0.1, 0.15) is 5.78 Å². The molecule has 1 unspecified atom stereocenters. The maximum absolute atomic E-state index is 11.1. The molecule has 13 heavy (non-hydrogen) atoms. The minimum absolute atomic E-state index is 0.389. The summed E-state index contributed by atoms with van der Waals surface area (Å²) < 4.78 is 0. The van der Waals surface area contributed by atoms with Crippen molar-refractivity contribution in [2.75, 3.05) is 0 Å². The molecule has 0 heterocycles. The lowest BCUT2D eigenvalue weighted by atomic mass is 9.75. The van der Waals surface area contributed by atoms with E-state index in [1.165, 1.54) is 19.3 Å². The standard InChI is InChI=1S/C12H22O/c1-4-9(2)11-5-7-12(8-6-11)10(3)13/h9,11-12H,4-8H2,1-3H3. The maximum atomic E-state index is 11.1. The van der Waals surface area contributed by atoms with E-state index in [0.29, 0.717) is 11.7 Å². The molecule has 1 aliphatic rings. The van der Waals surface area contributed by atoms with E-state index >= 15 is 0 Å². The molecule has 1 heteroatoms. The van der Waals surface area contributed by atoms with Crippen molar-refractivity contribution in [1.29, 1.82) is 0 Å². The zero-order valence-corrected chi connectivity index (χ0v) is 9.18. The van der Waals surface area contributed by atoms with Gasteiger partial charge in [0.15, 0.2) is 0 Å². The van der Waals surface area contributed by atoms with Crippen LogP contribution in [0.1, 0.15) is 52.9 Å². The summed E-state index contributed by atoms with van der Waals surface area (Å²) in [6.45, 7) is 6.36. The Balaban J connectivity index is 2.34. The van der Waals surface area contributed by atoms with Crippen LogP contribution in [0.2, 0.25) is 0 Å². The lowest BCUT2D eigenvalue weighted by molar-refractivity contribution is -0.122. The van der Waals surface area contributed by atoms with Crippen molar-refractivity contribution in [3.05, 3.63) is 0 Å². The lowest BCUT2D eigenvalue weighted by Gasteiger charge is -2.30. The minimum Gasteiger partial charge on any atom is -0.300 e. The van der Waals surface area contributed by atoms with Gasteiger partial charge in [0, 0.05) is 5.92 Å². The van der Waals surface area contributed by atoms with E-state index in [1.807, 2.05) is 0 Å². The molecular formula is C12H22O. The summed E-state index contributed by atoms with van der Waals surface area (Å²) in [6, 6.07) is 0. The van der Waals surface area contributed by atoms with Crippen molar-refractivity contribution in [1.82, 2.24) is 0 Å².